The normalized spacial score (nSPS) is 14.3. The van der Waals surface area contributed by atoms with Gasteiger partial charge in [-0.3, -0.25) is 14.4 Å². The second-order valence-electron chi connectivity index (χ2n) is 7.42. The van der Waals surface area contributed by atoms with Crippen LogP contribution in [0.25, 0.3) is 0 Å². The molecule has 1 atom stereocenters. The minimum absolute atomic E-state index is 0.759. The van der Waals surface area contributed by atoms with Crippen molar-refractivity contribution >= 4 is 23.9 Å². The van der Waals surface area contributed by atoms with E-state index in [9.17, 15) is 19.2 Å². The fourth-order valence-corrected chi connectivity index (χ4v) is 1.82. The van der Waals surface area contributed by atoms with E-state index in [1.54, 1.807) is 41.5 Å². The molecule has 24 heavy (non-hydrogen) atoms. The van der Waals surface area contributed by atoms with Crippen molar-refractivity contribution in [1.29, 1.82) is 0 Å². The fraction of sp³-hybridized carbons (Fsp3) is 0.750. The summed E-state index contributed by atoms with van der Waals surface area (Å²) in [6.07, 6.45) is -1.67. The number of carbonyl (C=O) groups excluding carboxylic acids is 3. The van der Waals surface area contributed by atoms with Crippen LogP contribution in [-0.4, -0.2) is 45.8 Å². The van der Waals surface area contributed by atoms with Crippen molar-refractivity contribution < 1.29 is 38.5 Å². The van der Waals surface area contributed by atoms with Crippen molar-refractivity contribution in [1.82, 2.24) is 0 Å². The van der Waals surface area contributed by atoms with Gasteiger partial charge in [-0.25, -0.2) is 4.79 Å². The SMILES string of the molecule is CC(=O)OC(CC(=O)O)(CC(=O)OC(C)(C)C)C(=O)OC(C)(C)C. The quantitative estimate of drug-likeness (QED) is 0.572. The highest BCUT2D eigenvalue weighted by Gasteiger charge is 2.49. The molecule has 0 rings (SSSR count). The topological polar surface area (TPSA) is 116 Å². The summed E-state index contributed by atoms with van der Waals surface area (Å²) in [4.78, 5) is 47.2. The van der Waals surface area contributed by atoms with E-state index in [0.29, 0.717) is 0 Å². The van der Waals surface area contributed by atoms with Gasteiger partial charge in [0.05, 0.1) is 12.8 Å². The Hall–Kier alpha value is -2.12. The first-order chi connectivity index (χ1) is 10.6. The highest BCUT2D eigenvalue weighted by atomic mass is 16.6. The number of carboxylic acids is 1. The molecule has 8 heteroatoms. The minimum atomic E-state index is -2.28. The van der Waals surface area contributed by atoms with Gasteiger partial charge in [0.15, 0.2) is 0 Å². The van der Waals surface area contributed by atoms with Crippen LogP contribution >= 0.6 is 0 Å². The Morgan fingerprint density at radius 1 is 0.792 bits per heavy atom. The van der Waals surface area contributed by atoms with E-state index in [-0.39, 0.29) is 0 Å². The van der Waals surface area contributed by atoms with E-state index in [0.717, 1.165) is 6.92 Å². The van der Waals surface area contributed by atoms with E-state index in [1.165, 1.54) is 0 Å². The Balaban J connectivity index is 5.73. The summed E-state index contributed by atoms with van der Waals surface area (Å²) in [7, 11) is 0. The summed E-state index contributed by atoms with van der Waals surface area (Å²) in [5.41, 5.74) is -4.10. The second kappa shape index (κ2) is 7.63. The molecule has 0 aromatic rings. The molecule has 0 bridgehead atoms. The van der Waals surface area contributed by atoms with Gasteiger partial charge in [0, 0.05) is 6.92 Å². The maximum atomic E-state index is 12.5. The Labute approximate surface area is 141 Å². The van der Waals surface area contributed by atoms with E-state index in [4.69, 9.17) is 19.3 Å². The van der Waals surface area contributed by atoms with E-state index in [2.05, 4.69) is 0 Å². The van der Waals surface area contributed by atoms with E-state index < -0.39 is 53.5 Å². The van der Waals surface area contributed by atoms with Crippen LogP contribution in [0.1, 0.15) is 61.3 Å². The molecule has 0 fully saturated rings. The van der Waals surface area contributed by atoms with Crippen molar-refractivity contribution in [3.8, 4) is 0 Å². The Morgan fingerprint density at radius 2 is 1.25 bits per heavy atom. The van der Waals surface area contributed by atoms with Gasteiger partial charge >= 0.3 is 23.9 Å². The zero-order valence-corrected chi connectivity index (χ0v) is 15.2. The largest absolute Gasteiger partial charge is 0.481 e. The number of esters is 3. The molecule has 0 heterocycles. The van der Waals surface area contributed by atoms with Gasteiger partial charge in [-0.2, -0.15) is 0 Å². The fourth-order valence-electron chi connectivity index (χ4n) is 1.82. The number of hydrogen-bond donors (Lipinski definition) is 1. The van der Waals surface area contributed by atoms with E-state index >= 15 is 0 Å². The molecule has 0 radical (unpaired) electrons. The average Bonchev–Trinajstić information content (AvgIpc) is 2.20. The minimum Gasteiger partial charge on any atom is -0.481 e. The zero-order valence-electron chi connectivity index (χ0n) is 15.2. The average molecular weight is 346 g/mol. The first kappa shape index (κ1) is 21.9. The first-order valence-corrected chi connectivity index (χ1v) is 7.43. The van der Waals surface area contributed by atoms with Crippen LogP contribution in [0.4, 0.5) is 0 Å². The molecule has 0 aromatic heterocycles. The van der Waals surface area contributed by atoms with Gasteiger partial charge in [-0.05, 0) is 41.5 Å². The predicted molar refractivity (Wildman–Crippen MR) is 83.1 cm³/mol. The summed E-state index contributed by atoms with van der Waals surface area (Å²) in [6, 6.07) is 0. The Bertz CT molecular complexity index is 491. The van der Waals surface area contributed by atoms with Crippen LogP contribution in [0.15, 0.2) is 0 Å². The third kappa shape index (κ3) is 8.50. The lowest BCUT2D eigenvalue weighted by Gasteiger charge is -2.32. The summed E-state index contributed by atoms with van der Waals surface area (Å²) < 4.78 is 15.2. The standard InChI is InChI=1S/C16H26O8/c1-10(17)22-16(8-11(18)19,13(21)24-15(5,6)7)9-12(20)23-14(2,3)4/h8-9H2,1-7H3,(H,18,19). The van der Waals surface area contributed by atoms with Crippen molar-refractivity contribution in [2.24, 2.45) is 0 Å². The lowest BCUT2D eigenvalue weighted by atomic mass is 9.94. The maximum Gasteiger partial charge on any atom is 0.352 e. The van der Waals surface area contributed by atoms with Crippen molar-refractivity contribution in [3.05, 3.63) is 0 Å². The molecule has 1 N–H and O–H groups in total. The van der Waals surface area contributed by atoms with Gasteiger partial charge < -0.3 is 19.3 Å². The number of carboxylic acid groups (broad SMARTS) is 1. The molecule has 0 aliphatic rings. The summed E-state index contributed by atoms with van der Waals surface area (Å²) in [6.45, 7) is 10.6. The monoisotopic (exact) mass is 346 g/mol. The summed E-state index contributed by atoms with van der Waals surface area (Å²) >= 11 is 0. The number of rotatable bonds is 6. The summed E-state index contributed by atoms with van der Waals surface area (Å²) in [5.74, 6) is -4.33. The highest BCUT2D eigenvalue weighted by molar-refractivity contribution is 5.92. The van der Waals surface area contributed by atoms with Crippen molar-refractivity contribution in [2.75, 3.05) is 0 Å². The molecule has 1 unspecified atom stereocenters. The van der Waals surface area contributed by atoms with Crippen LogP contribution < -0.4 is 0 Å². The molecule has 138 valence electrons. The smallest absolute Gasteiger partial charge is 0.352 e. The Kier molecular flexibility index (Phi) is 6.96. The number of carbonyl (C=O) groups is 4. The van der Waals surface area contributed by atoms with Crippen LogP contribution in [-0.2, 0) is 33.4 Å². The van der Waals surface area contributed by atoms with Crippen molar-refractivity contribution in [3.63, 3.8) is 0 Å². The van der Waals surface area contributed by atoms with Crippen LogP contribution in [0.2, 0.25) is 0 Å². The molecular formula is C16H26O8. The third-order valence-corrected chi connectivity index (χ3v) is 2.40. The molecule has 0 aliphatic carbocycles. The molecule has 8 nitrogen and oxygen atoms in total. The zero-order chi connectivity index (χ0) is 19.3. The van der Waals surface area contributed by atoms with Crippen LogP contribution in [0, 0.1) is 0 Å². The second-order valence-corrected chi connectivity index (χ2v) is 7.42. The van der Waals surface area contributed by atoms with Gasteiger partial charge in [0.2, 0.25) is 5.60 Å². The number of ether oxygens (including phenoxy) is 3. The highest BCUT2D eigenvalue weighted by Crippen LogP contribution is 2.28. The lowest BCUT2D eigenvalue weighted by molar-refractivity contribution is -0.198. The van der Waals surface area contributed by atoms with Crippen molar-refractivity contribution in [2.45, 2.75) is 78.1 Å². The molecule has 0 aliphatic heterocycles. The number of aliphatic carboxylic acids is 1. The molecule has 0 saturated carbocycles. The van der Waals surface area contributed by atoms with Gasteiger partial charge in [0.25, 0.3) is 0 Å². The molecule has 0 saturated heterocycles. The third-order valence-electron chi connectivity index (χ3n) is 2.40. The van der Waals surface area contributed by atoms with Crippen LogP contribution in [0.5, 0.6) is 0 Å². The Morgan fingerprint density at radius 3 is 1.58 bits per heavy atom. The van der Waals surface area contributed by atoms with E-state index in [1.807, 2.05) is 0 Å². The van der Waals surface area contributed by atoms with Gasteiger partial charge in [-0.1, -0.05) is 0 Å². The van der Waals surface area contributed by atoms with Gasteiger partial charge in [0.1, 0.15) is 11.2 Å². The molecule has 0 aromatic carbocycles. The lowest BCUT2D eigenvalue weighted by Crippen LogP contribution is -2.50. The molecule has 0 amide bonds. The maximum absolute atomic E-state index is 12.5. The van der Waals surface area contributed by atoms with Crippen LogP contribution in [0.3, 0.4) is 0 Å². The predicted octanol–water partition coefficient (Wildman–Crippen LogP) is 1.84. The number of hydrogen-bond acceptors (Lipinski definition) is 7. The van der Waals surface area contributed by atoms with Gasteiger partial charge in [-0.15, -0.1) is 0 Å². The first-order valence-electron chi connectivity index (χ1n) is 7.43. The summed E-state index contributed by atoms with van der Waals surface area (Å²) in [5, 5.41) is 9.10. The molecular weight excluding hydrogens is 320 g/mol. The molecule has 0 spiro atoms.